The van der Waals surface area contributed by atoms with Crippen LogP contribution in [0.5, 0.6) is 0 Å². The summed E-state index contributed by atoms with van der Waals surface area (Å²) in [6.45, 7) is 8.00. The molecule has 1 amide bonds. The number of aromatic nitrogens is 3. The fourth-order valence-electron chi connectivity index (χ4n) is 4.74. The van der Waals surface area contributed by atoms with Crippen LogP contribution >= 0.6 is 11.3 Å². The van der Waals surface area contributed by atoms with Crippen LogP contribution in [0.1, 0.15) is 15.2 Å². The van der Waals surface area contributed by atoms with Crippen LogP contribution in [0.25, 0.3) is 32.5 Å². The molecule has 0 atom stereocenters. The number of fused-ring (bicyclic) bond motifs is 2. The van der Waals surface area contributed by atoms with E-state index in [1.165, 1.54) is 4.88 Å². The second kappa shape index (κ2) is 8.95. The highest BCUT2D eigenvalue weighted by Gasteiger charge is 2.22. The molecule has 0 unspecified atom stereocenters. The normalized spacial score (nSPS) is 17.6. The smallest absolute Gasteiger partial charge is 0.248 e. The number of hydrogen-bond acceptors (Lipinski definition) is 8. The van der Waals surface area contributed by atoms with Gasteiger partial charge in [0.05, 0.1) is 23.4 Å². The van der Waals surface area contributed by atoms with E-state index in [-0.39, 0.29) is 0 Å². The van der Waals surface area contributed by atoms with Crippen LogP contribution in [-0.4, -0.2) is 78.2 Å². The molecule has 0 aliphatic carbocycles. The Morgan fingerprint density at radius 2 is 1.94 bits per heavy atom. The van der Waals surface area contributed by atoms with Crippen LogP contribution in [-0.2, 0) is 11.3 Å². The highest BCUT2D eigenvalue weighted by atomic mass is 32.1. The quantitative estimate of drug-likeness (QED) is 0.404. The van der Waals surface area contributed by atoms with Crippen molar-refractivity contribution >= 4 is 44.2 Å². The zero-order valence-electron chi connectivity index (χ0n) is 18.8. The number of nitrogens with zero attached hydrogens (tertiary/aromatic N) is 4. The van der Waals surface area contributed by atoms with Gasteiger partial charge in [-0.2, -0.15) is 0 Å². The predicted octanol–water partition coefficient (Wildman–Crippen LogP) is 2.18. The van der Waals surface area contributed by atoms with E-state index in [2.05, 4.69) is 26.2 Å². The monoisotopic (exact) mass is 477 g/mol. The lowest BCUT2D eigenvalue weighted by molar-refractivity contribution is 0.100. The second-order valence-electron chi connectivity index (χ2n) is 8.75. The number of primary amides is 1. The predicted molar refractivity (Wildman–Crippen MR) is 134 cm³/mol. The van der Waals surface area contributed by atoms with Crippen LogP contribution < -0.4 is 16.0 Å². The van der Waals surface area contributed by atoms with Gasteiger partial charge in [-0.1, -0.05) is 0 Å². The maximum absolute atomic E-state index is 12.0. The summed E-state index contributed by atoms with van der Waals surface area (Å²) in [6.07, 6.45) is 1.86. The Morgan fingerprint density at radius 1 is 1.12 bits per heavy atom. The van der Waals surface area contributed by atoms with E-state index in [0.717, 1.165) is 78.3 Å². The average Bonchev–Trinajstić information content (AvgIpc) is 3.50. The van der Waals surface area contributed by atoms with Crippen molar-refractivity contribution in [1.29, 1.82) is 0 Å². The van der Waals surface area contributed by atoms with Crippen molar-refractivity contribution in [2.24, 2.45) is 5.73 Å². The van der Waals surface area contributed by atoms with Gasteiger partial charge in [0.1, 0.15) is 0 Å². The van der Waals surface area contributed by atoms with Gasteiger partial charge in [0, 0.05) is 78.9 Å². The molecule has 10 heteroatoms. The number of nitrogens with one attached hydrogen (secondary N) is 2. The number of piperazine rings is 1. The highest BCUT2D eigenvalue weighted by Crippen LogP contribution is 2.36. The van der Waals surface area contributed by atoms with Gasteiger partial charge in [0.2, 0.25) is 5.91 Å². The first-order chi connectivity index (χ1) is 16.7. The molecule has 34 heavy (non-hydrogen) atoms. The van der Waals surface area contributed by atoms with Gasteiger partial charge in [-0.15, -0.1) is 11.3 Å². The van der Waals surface area contributed by atoms with Crippen LogP contribution in [0.3, 0.4) is 0 Å². The number of amides is 1. The standard InChI is InChI=1S/C24H27N7O2S/c25-22(32)15-11-18(17-1-2-27-19(17)12-15)23-28-20-13-16(14-30-5-3-26-4-6-30)34-21(20)24(29-23)31-7-9-33-10-8-31/h1-2,11-13,26-27H,3-10,14H2,(H2,25,32). The van der Waals surface area contributed by atoms with Gasteiger partial charge in [0.15, 0.2) is 11.6 Å². The first kappa shape index (κ1) is 21.5. The molecule has 2 aliphatic rings. The van der Waals surface area contributed by atoms with Crippen LogP contribution in [0, 0.1) is 0 Å². The molecule has 176 valence electrons. The van der Waals surface area contributed by atoms with Crippen molar-refractivity contribution in [3.63, 3.8) is 0 Å². The van der Waals surface area contributed by atoms with E-state index in [4.69, 9.17) is 20.4 Å². The number of nitrogens with two attached hydrogens (primary N) is 1. The Labute approximate surface area is 200 Å². The molecular formula is C24H27N7O2S. The van der Waals surface area contributed by atoms with E-state index in [0.29, 0.717) is 24.6 Å². The number of carbonyl (C=O) groups is 1. The van der Waals surface area contributed by atoms with Crippen molar-refractivity contribution in [3.05, 3.63) is 40.9 Å². The number of H-pyrrole nitrogens is 1. The summed E-state index contributed by atoms with van der Waals surface area (Å²) in [7, 11) is 0. The van der Waals surface area contributed by atoms with Crippen molar-refractivity contribution in [2.45, 2.75) is 6.54 Å². The highest BCUT2D eigenvalue weighted by molar-refractivity contribution is 7.19. The molecular weight excluding hydrogens is 450 g/mol. The molecule has 4 N–H and O–H groups in total. The van der Waals surface area contributed by atoms with Gasteiger partial charge in [-0.3, -0.25) is 9.69 Å². The summed E-state index contributed by atoms with van der Waals surface area (Å²) >= 11 is 1.78. The van der Waals surface area contributed by atoms with E-state index >= 15 is 0 Å². The number of ether oxygens (including phenoxy) is 1. The van der Waals surface area contributed by atoms with E-state index in [1.54, 1.807) is 23.5 Å². The number of benzene rings is 1. The Balaban J connectivity index is 1.49. The van der Waals surface area contributed by atoms with Crippen LogP contribution in [0.2, 0.25) is 0 Å². The summed E-state index contributed by atoms with van der Waals surface area (Å²) in [5.74, 6) is 1.07. The number of morpholine rings is 1. The largest absolute Gasteiger partial charge is 0.378 e. The maximum Gasteiger partial charge on any atom is 0.248 e. The SMILES string of the molecule is NC(=O)c1cc(-c2nc(N3CCOCC3)c3sc(CN4CCNCC4)cc3n2)c2cc[nH]c2c1. The third-order valence-electron chi connectivity index (χ3n) is 6.50. The Hall–Kier alpha value is -3.05. The van der Waals surface area contributed by atoms with Gasteiger partial charge in [-0.25, -0.2) is 9.97 Å². The van der Waals surface area contributed by atoms with Gasteiger partial charge < -0.3 is 25.7 Å². The van der Waals surface area contributed by atoms with E-state index < -0.39 is 5.91 Å². The molecule has 1 aromatic carbocycles. The third kappa shape index (κ3) is 4.03. The molecule has 5 heterocycles. The molecule has 3 aromatic heterocycles. The number of thiophene rings is 1. The Bertz CT molecular complexity index is 1350. The lowest BCUT2D eigenvalue weighted by Crippen LogP contribution is -2.42. The summed E-state index contributed by atoms with van der Waals surface area (Å²) in [5, 5.41) is 4.38. The molecule has 6 rings (SSSR count). The molecule has 2 saturated heterocycles. The maximum atomic E-state index is 12.0. The molecule has 0 saturated carbocycles. The van der Waals surface area contributed by atoms with Crippen molar-refractivity contribution in [2.75, 3.05) is 57.4 Å². The molecule has 0 spiro atoms. The van der Waals surface area contributed by atoms with Gasteiger partial charge >= 0.3 is 0 Å². The third-order valence-corrected chi connectivity index (χ3v) is 7.60. The fraction of sp³-hybridized carbons (Fsp3) is 0.375. The molecule has 0 bridgehead atoms. The van der Waals surface area contributed by atoms with Crippen molar-refractivity contribution in [3.8, 4) is 11.4 Å². The lowest BCUT2D eigenvalue weighted by Gasteiger charge is -2.28. The minimum atomic E-state index is -0.471. The van der Waals surface area contributed by atoms with Crippen molar-refractivity contribution in [1.82, 2.24) is 25.2 Å². The van der Waals surface area contributed by atoms with E-state index in [1.807, 2.05) is 12.3 Å². The fourth-order valence-corrected chi connectivity index (χ4v) is 5.89. The minimum absolute atomic E-state index is 0.436. The summed E-state index contributed by atoms with van der Waals surface area (Å²) in [4.78, 5) is 31.3. The minimum Gasteiger partial charge on any atom is -0.378 e. The molecule has 4 aromatic rings. The first-order valence-electron chi connectivity index (χ1n) is 11.6. The van der Waals surface area contributed by atoms with Gasteiger partial charge in [0.25, 0.3) is 0 Å². The number of hydrogen-bond donors (Lipinski definition) is 3. The zero-order valence-corrected chi connectivity index (χ0v) is 19.7. The van der Waals surface area contributed by atoms with Crippen LogP contribution in [0.4, 0.5) is 5.82 Å². The number of carbonyl (C=O) groups excluding carboxylic acids is 1. The van der Waals surface area contributed by atoms with Crippen LogP contribution in [0.15, 0.2) is 30.5 Å². The summed E-state index contributed by atoms with van der Waals surface area (Å²) in [5.41, 5.74) is 8.65. The number of aromatic amines is 1. The first-order valence-corrected chi connectivity index (χ1v) is 12.4. The van der Waals surface area contributed by atoms with Crippen molar-refractivity contribution < 1.29 is 9.53 Å². The summed E-state index contributed by atoms with van der Waals surface area (Å²) < 4.78 is 6.70. The molecule has 0 radical (unpaired) electrons. The zero-order chi connectivity index (χ0) is 23.1. The molecule has 9 nitrogen and oxygen atoms in total. The van der Waals surface area contributed by atoms with Gasteiger partial charge in [-0.05, 0) is 24.3 Å². The molecule has 2 fully saturated rings. The Kier molecular flexibility index (Phi) is 5.66. The number of rotatable bonds is 5. The summed E-state index contributed by atoms with van der Waals surface area (Å²) in [6, 6.07) is 7.76. The van der Waals surface area contributed by atoms with E-state index in [9.17, 15) is 4.79 Å². The lowest BCUT2D eigenvalue weighted by atomic mass is 10.0. The topological polar surface area (TPSA) is 112 Å². The second-order valence-corrected chi connectivity index (χ2v) is 9.89. The Morgan fingerprint density at radius 3 is 2.74 bits per heavy atom. The molecule has 2 aliphatic heterocycles. The number of anilines is 1. The average molecular weight is 478 g/mol.